The van der Waals surface area contributed by atoms with E-state index in [0.717, 1.165) is 33.8 Å². The third-order valence-corrected chi connectivity index (χ3v) is 5.98. The molecular weight excluding hydrogens is 370 g/mol. The predicted molar refractivity (Wildman–Crippen MR) is 112 cm³/mol. The van der Waals surface area contributed by atoms with E-state index in [0.29, 0.717) is 18.4 Å². The molecule has 2 aromatic carbocycles. The Kier molecular flexibility index (Phi) is 7.04. The van der Waals surface area contributed by atoms with Crippen LogP contribution in [0.3, 0.4) is 0 Å². The molecule has 5 heteroatoms. The highest BCUT2D eigenvalue weighted by molar-refractivity contribution is 7.99. The van der Waals surface area contributed by atoms with Crippen molar-refractivity contribution >= 4 is 29.0 Å². The van der Waals surface area contributed by atoms with Crippen molar-refractivity contribution in [2.45, 2.75) is 61.7 Å². The molecule has 2 aromatic rings. The number of oxime groups is 1. The number of unbranched alkanes of at least 4 members (excludes halogenated alkanes) is 4. The van der Waals surface area contributed by atoms with Gasteiger partial charge in [0.25, 0.3) is 0 Å². The molecule has 3 rings (SSSR count). The minimum Gasteiger partial charge on any atom is -0.411 e. The molecule has 28 heavy (non-hydrogen) atoms. The molecule has 0 aromatic heterocycles. The molecule has 0 fully saturated rings. The Bertz CT molecular complexity index is 887. The minimum atomic E-state index is -0.202. The standard InChI is InChI=1S/C23H25NO3S/c1-2-3-4-5-6-7-22(25)16-8-10-18(11-9-16)28-19-12-13-20-17(14-19)15-21(24-27)23(20)26/h8-14,27H,2-7,15H2,1H3. The van der Waals surface area contributed by atoms with Crippen molar-refractivity contribution in [2.24, 2.45) is 5.16 Å². The lowest BCUT2D eigenvalue weighted by Gasteiger charge is -2.06. The van der Waals surface area contributed by atoms with E-state index < -0.39 is 0 Å². The predicted octanol–water partition coefficient (Wildman–Crippen LogP) is 5.95. The lowest BCUT2D eigenvalue weighted by molar-refractivity contribution is 0.0978. The number of hydrogen-bond acceptors (Lipinski definition) is 5. The molecule has 1 N–H and O–H groups in total. The lowest BCUT2D eigenvalue weighted by Crippen LogP contribution is -2.06. The van der Waals surface area contributed by atoms with Crippen molar-refractivity contribution in [3.8, 4) is 0 Å². The summed E-state index contributed by atoms with van der Waals surface area (Å²) in [6, 6.07) is 13.4. The van der Waals surface area contributed by atoms with Crippen molar-refractivity contribution in [3.63, 3.8) is 0 Å². The van der Waals surface area contributed by atoms with E-state index >= 15 is 0 Å². The number of hydrogen-bond donors (Lipinski definition) is 1. The molecule has 4 nitrogen and oxygen atoms in total. The average molecular weight is 396 g/mol. The fourth-order valence-corrected chi connectivity index (χ4v) is 4.26. The molecule has 0 heterocycles. The second-order valence-electron chi connectivity index (χ2n) is 7.09. The number of ketones is 2. The SMILES string of the molecule is CCCCCCCC(=O)c1ccc(Sc2ccc3c(c2)CC(=NO)C3=O)cc1. The summed E-state index contributed by atoms with van der Waals surface area (Å²) in [6.45, 7) is 2.19. The number of Topliss-reactive ketones (excluding diaryl/α,β-unsaturated/α-hetero) is 2. The van der Waals surface area contributed by atoms with Crippen molar-refractivity contribution in [3.05, 3.63) is 59.2 Å². The van der Waals surface area contributed by atoms with Gasteiger partial charge in [-0.15, -0.1) is 0 Å². The van der Waals surface area contributed by atoms with Gasteiger partial charge in [-0.2, -0.15) is 0 Å². The van der Waals surface area contributed by atoms with Gasteiger partial charge in [-0.1, -0.05) is 61.7 Å². The summed E-state index contributed by atoms with van der Waals surface area (Å²) in [5, 5.41) is 12.0. The van der Waals surface area contributed by atoms with Gasteiger partial charge in [0.2, 0.25) is 5.78 Å². The molecule has 1 aliphatic carbocycles. The molecule has 0 amide bonds. The maximum Gasteiger partial charge on any atom is 0.211 e. The van der Waals surface area contributed by atoms with Gasteiger partial charge in [-0.05, 0) is 42.3 Å². The maximum atomic E-state index is 12.3. The summed E-state index contributed by atoms with van der Waals surface area (Å²) in [6.07, 6.45) is 6.72. The van der Waals surface area contributed by atoms with E-state index in [1.165, 1.54) is 19.3 Å². The van der Waals surface area contributed by atoms with Crippen LogP contribution in [0.1, 0.15) is 71.7 Å². The zero-order valence-corrected chi connectivity index (χ0v) is 16.9. The quantitative estimate of drug-likeness (QED) is 0.247. The van der Waals surface area contributed by atoms with E-state index in [-0.39, 0.29) is 17.3 Å². The van der Waals surface area contributed by atoms with E-state index in [4.69, 9.17) is 5.21 Å². The summed E-state index contributed by atoms with van der Waals surface area (Å²) in [5.41, 5.74) is 2.45. The van der Waals surface area contributed by atoms with E-state index in [1.54, 1.807) is 17.8 Å². The fraction of sp³-hybridized carbons (Fsp3) is 0.348. The van der Waals surface area contributed by atoms with Crippen molar-refractivity contribution < 1.29 is 14.8 Å². The summed E-state index contributed by atoms with van der Waals surface area (Å²) in [4.78, 5) is 26.3. The summed E-state index contributed by atoms with van der Waals surface area (Å²) < 4.78 is 0. The van der Waals surface area contributed by atoms with E-state index in [9.17, 15) is 9.59 Å². The van der Waals surface area contributed by atoms with Crippen LogP contribution in [-0.4, -0.2) is 22.5 Å². The molecule has 0 radical (unpaired) electrons. The Morgan fingerprint density at radius 2 is 1.75 bits per heavy atom. The fourth-order valence-electron chi connectivity index (χ4n) is 3.38. The van der Waals surface area contributed by atoms with Crippen molar-refractivity contribution in [1.82, 2.24) is 0 Å². The van der Waals surface area contributed by atoms with Crippen LogP contribution in [-0.2, 0) is 6.42 Å². The Hall–Kier alpha value is -2.40. The molecule has 0 aliphatic heterocycles. The van der Waals surface area contributed by atoms with Gasteiger partial charge in [0, 0.05) is 33.8 Å². The highest BCUT2D eigenvalue weighted by Gasteiger charge is 2.27. The summed E-state index contributed by atoms with van der Waals surface area (Å²) in [5.74, 6) is 0.00604. The van der Waals surface area contributed by atoms with Gasteiger partial charge in [-0.25, -0.2) is 0 Å². The molecule has 0 atom stereocenters. The van der Waals surface area contributed by atoms with Crippen molar-refractivity contribution in [1.29, 1.82) is 0 Å². The summed E-state index contributed by atoms with van der Waals surface area (Å²) in [7, 11) is 0. The maximum absolute atomic E-state index is 12.3. The smallest absolute Gasteiger partial charge is 0.211 e. The molecule has 146 valence electrons. The van der Waals surface area contributed by atoms with Crippen LogP contribution in [0, 0.1) is 0 Å². The summed E-state index contributed by atoms with van der Waals surface area (Å²) >= 11 is 1.59. The van der Waals surface area contributed by atoms with Gasteiger partial charge in [-0.3, -0.25) is 9.59 Å². The lowest BCUT2D eigenvalue weighted by atomic mass is 10.0. The molecule has 0 saturated heterocycles. The van der Waals surface area contributed by atoms with Crippen LogP contribution >= 0.6 is 11.8 Å². The third kappa shape index (κ3) is 4.90. The zero-order valence-electron chi connectivity index (χ0n) is 16.1. The average Bonchev–Trinajstić information content (AvgIpc) is 3.03. The number of carbonyl (C=O) groups is 2. The van der Waals surface area contributed by atoms with E-state index in [1.807, 2.05) is 36.4 Å². The van der Waals surface area contributed by atoms with Gasteiger partial charge in [0.1, 0.15) is 5.71 Å². The molecule has 0 spiro atoms. The number of carbonyl (C=O) groups excluding carboxylic acids is 2. The second kappa shape index (κ2) is 9.69. The third-order valence-electron chi connectivity index (χ3n) is 4.98. The Balaban J connectivity index is 1.58. The van der Waals surface area contributed by atoms with Crippen LogP contribution in [0.2, 0.25) is 0 Å². The van der Waals surface area contributed by atoms with Crippen LogP contribution in [0.5, 0.6) is 0 Å². The van der Waals surface area contributed by atoms with E-state index in [2.05, 4.69) is 12.1 Å². The first-order chi connectivity index (χ1) is 13.6. The van der Waals surface area contributed by atoms with Crippen LogP contribution in [0.15, 0.2) is 57.4 Å². The molecule has 0 bridgehead atoms. The Labute approximate surface area is 170 Å². The minimum absolute atomic E-state index is 0.190. The number of rotatable bonds is 9. The number of nitrogens with zero attached hydrogens (tertiary/aromatic N) is 1. The van der Waals surface area contributed by atoms with Gasteiger partial charge in [0.15, 0.2) is 5.78 Å². The highest BCUT2D eigenvalue weighted by Crippen LogP contribution is 2.32. The molecule has 0 unspecified atom stereocenters. The van der Waals surface area contributed by atoms with Crippen LogP contribution in [0.4, 0.5) is 0 Å². The van der Waals surface area contributed by atoms with Gasteiger partial charge in [0.05, 0.1) is 0 Å². The highest BCUT2D eigenvalue weighted by atomic mass is 32.2. The van der Waals surface area contributed by atoms with Gasteiger partial charge >= 0.3 is 0 Å². The Morgan fingerprint density at radius 1 is 1.04 bits per heavy atom. The van der Waals surface area contributed by atoms with Gasteiger partial charge < -0.3 is 5.21 Å². The first kappa shape index (κ1) is 20.3. The molecule has 1 aliphatic rings. The largest absolute Gasteiger partial charge is 0.411 e. The topological polar surface area (TPSA) is 66.7 Å². The molecular formula is C23H25NO3S. The molecule has 0 saturated carbocycles. The monoisotopic (exact) mass is 395 g/mol. The number of benzene rings is 2. The van der Waals surface area contributed by atoms with Crippen LogP contribution < -0.4 is 0 Å². The first-order valence-corrected chi connectivity index (χ1v) is 10.6. The zero-order chi connectivity index (χ0) is 19.9. The first-order valence-electron chi connectivity index (χ1n) is 9.82. The normalized spacial score (nSPS) is 14.5. The number of fused-ring (bicyclic) bond motifs is 1. The van der Waals surface area contributed by atoms with Crippen LogP contribution in [0.25, 0.3) is 0 Å². The van der Waals surface area contributed by atoms with Crippen molar-refractivity contribution in [2.75, 3.05) is 0 Å². The Morgan fingerprint density at radius 3 is 2.46 bits per heavy atom. The second-order valence-corrected chi connectivity index (χ2v) is 8.23.